The highest BCUT2D eigenvalue weighted by molar-refractivity contribution is 5.01. The van der Waals surface area contributed by atoms with Crippen LogP contribution in [0.2, 0.25) is 0 Å². The van der Waals surface area contributed by atoms with Crippen molar-refractivity contribution in [1.29, 1.82) is 0 Å². The summed E-state index contributed by atoms with van der Waals surface area (Å²) in [5.74, 6) is 0. The van der Waals surface area contributed by atoms with Crippen LogP contribution in [0.4, 0.5) is 0 Å². The van der Waals surface area contributed by atoms with Crippen LogP contribution < -0.4 is 0 Å². The maximum atomic E-state index is 10.5. The second kappa shape index (κ2) is 2.73. The van der Waals surface area contributed by atoms with Crippen molar-refractivity contribution in [3.05, 3.63) is 0 Å². The lowest BCUT2D eigenvalue weighted by Gasteiger charge is -2.52. The summed E-state index contributed by atoms with van der Waals surface area (Å²) in [5.41, 5.74) is -0.612. The van der Waals surface area contributed by atoms with Crippen LogP contribution in [0.5, 0.6) is 0 Å². The maximum Gasteiger partial charge on any atom is 0.0701 e. The fourth-order valence-electron chi connectivity index (χ4n) is 2.95. The Balaban J connectivity index is 2.27. The largest absolute Gasteiger partial charge is 0.389 e. The zero-order valence-corrected chi connectivity index (χ0v) is 7.97. The van der Waals surface area contributed by atoms with E-state index in [4.69, 9.17) is 1.37 Å². The summed E-state index contributed by atoms with van der Waals surface area (Å²) < 4.78 is 7.97. The van der Waals surface area contributed by atoms with E-state index in [0.717, 1.165) is 38.5 Å². The molecule has 0 aromatic carbocycles. The molecule has 0 aromatic heterocycles. The molecule has 0 unspecified atom stereocenters. The highest BCUT2D eigenvalue weighted by Crippen LogP contribution is 2.52. The summed E-state index contributed by atoms with van der Waals surface area (Å²) in [6, 6.07) is 0. The summed E-state index contributed by atoms with van der Waals surface area (Å²) in [7, 11) is 0. The minimum Gasteiger partial charge on any atom is -0.389 e. The number of hydrogen-bond acceptors (Lipinski definition) is 1. The average Bonchev–Trinajstić information content (AvgIpc) is 2.09. The summed E-state index contributed by atoms with van der Waals surface area (Å²) in [4.78, 5) is 0. The van der Waals surface area contributed by atoms with Gasteiger partial charge in [-0.2, -0.15) is 0 Å². The molecule has 0 aliphatic heterocycles. The molecule has 2 fully saturated rings. The molecular formula is C11H20O. The fraction of sp³-hybridized carbons (Fsp3) is 1.00. The fourth-order valence-corrected chi connectivity index (χ4v) is 2.95. The third-order valence-electron chi connectivity index (χ3n) is 4.00. The van der Waals surface area contributed by atoms with Crippen LogP contribution in [0.1, 0.15) is 59.6 Å². The van der Waals surface area contributed by atoms with Crippen molar-refractivity contribution in [2.45, 2.75) is 63.9 Å². The van der Waals surface area contributed by atoms with Gasteiger partial charge in [-0.05, 0) is 31.1 Å². The Morgan fingerprint density at radius 1 is 1.08 bits per heavy atom. The zero-order chi connectivity index (χ0) is 9.53. The van der Waals surface area contributed by atoms with Crippen molar-refractivity contribution in [3.63, 3.8) is 0 Å². The lowest BCUT2D eigenvalue weighted by atomic mass is 9.57. The average molecular weight is 169 g/mol. The van der Waals surface area contributed by atoms with Gasteiger partial charge in [-0.15, -0.1) is 0 Å². The van der Waals surface area contributed by atoms with Gasteiger partial charge in [0.25, 0.3) is 0 Å². The number of hydrogen-bond donors (Lipinski definition) is 1. The highest BCUT2D eigenvalue weighted by Gasteiger charge is 2.49. The van der Waals surface area contributed by atoms with E-state index < -0.39 is 5.60 Å². The molecule has 0 radical (unpaired) electrons. The predicted octanol–water partition coefficient (Wildman–Crippen LogP) is 2.87. The summed E-state index contributed by atoms with van der Waals surface area (Å²) in [5, 5.41) is 10.5. The van der Waals surface area contributed by atoms with Crippen LogP contribution in [-0.4, -0.2) is 10.7 Å². The van der Waals surface area contributed by atoms with E-state index in [1.807, 2.05) is 0 Å². The second-order valence-electron chi connectivity index (χ2n) is 4.79. The summed E-state index contributed by atoms with van der Waals surface area (Å²) >= 11 is 0. The number of fused-ring (bicyclic) bond motifs is 1. The molecule has 1 heteroatoms. The molecule has 2 saturated carbocycles. The topological polar surface area (TPSA) is 20.2 Å². The van der Waals surface area contributed by atoms with Gasteiger partial charge in [-0.1, -0.05) is 32.6 Å². The number of rotatable bonds is 0. The van der Waals surface area contributed by atoms with E-state index in [2.05, 4.69) is 6.92 Å². The Hall–Kier alpha value is -0.0400. The van der Waals surface area contributed by atoms with Gasteiger partial charge in [0.1, 0.15) is 0 Å². The van der Waals surface area contributed by atoms with Gasteiger partial charge < -0.3 is 5.11 Å². The van der Waals surface area contributed by atoms with Crippen LogP contribution in [0, 0.1) is 5.41 Å². The normalized spacial score (nSPS) is 55.8. The number of aliphatic hydroxyl groups is 1. The third kappa shape index (κ3) is 1.10. The van der Waals surface area contributed by atoms with Gasteiger partial charge in [-0.3, -0.25) is 0 Å². The van der Waals surface area contributed by atoms with Crippen molar-refractivity contribution < 1.29 is 6.48 Å². The Morgan fingerprint density at radius 3 is 2.33 bits per heavy atom. The van der Waals surface area contributed by atoms with E-state index >= 15 is 0 Å². The van der Waals surface area contributed by atoms with E-state index in [9.17, 15) is 5.11 Å². The van der Waals surface area contributed by atoms with Crippen LogP contribution >= 0.6 is 0 Å². The molecular weight excluding hydrogens is 148 g/mol. The van der Waals surface area contributed by atoms with Crippen molar-refractivity contribution in [2.24, 2.45) is 5.41 Å². The molecule has 0 aromatic rings. The maximum absolute atomic E-state index is 10.5. The van der Waals surface area contributed by atoms with Gasteiger partial charge in [-0.25, -0.2) is 0 Å². The molecule has 0 saturated heterocycles. The Labute approximate surface area is 76.6 Å². The van der Waals surface area contributed by atoms with Gasteiger partial charge in [0.2, 0.25) is 0 Å². The van der Waals surface area contributed by atoms with Gasteiger partial charge in [0, 0.05) is 1.37 Å². The molecule has 0 amide bonds. The van der Waals surface area contributed by atoms with E-state index in [1.54, 1.807) is 0 Å². The summed E-state index contributed by atoms with van der Waals surface area (Å²) in [6.07, 6.45) is 7.26. The van der Waals surface area contributed by atoms with E-state index in [1.165, 1.54) is 6.42 Å². The van der Waals surface area contributed by atoms with E-state index in [-0.39, 0.29) is 11.8 Å². The lowest BCUT2D eigenvalue weighted by Crippen LogP contribution is -2.50. The Kier molecular flexibility index (Phi) is 1.68. The molecule has 0 spiro atoms. The van der Waals surface area contributed by atoms with Gasteiger partial charge in [0.05, 0.1) is 5.60 Å². The summed E-state index contributed by atoms with van der Waals surface area (Å²) in [6.45, 7) is 2.19. The minimum atomic E-state index is -0.663. The lowest BCUT2D eigenvalue weighted by molar-refractivity contribution is -0.132. The molecule has 0 bridgehead atoms. The minimum absolute atomic E-state index is 0.0515. The molecule has 2 aliphatic rings. The van der Waals surface area contributed by atoms with Crippen molar-refractivity contribution in [3.8, 4) is 0 Å². The van der Waals surface area contributed by atoms with Crippen LogP contribution in [0.25, 0.3) is 0 Å². The van der Waals surface area contributed by atoms with Gasteiger partial charge >= 0.3 is 0 Å². The molecule has 70 valence electrons. The molecule has 2 aliphatic carbocycles. The monoisotopic (exact) mass is 169 g/mol. The van der Waals surface area contributed by atoms with Gasteiger partial charge in [0.15, 0.2) is 0 Å². The highest BCUT2D eigenvalue weighted by atomic mass is 16.3. The first-order valence-electron chi connectivity index (χ1n) is 5.81. The molecule has 2 rings (SSSR count). The van der Waals surface area contributed by atoms with Crippen LogP contribution in [0.3, 0.4) is 0 Å². The van der Waals surface area contributed by atoms with Crippen LogP contribution in [0.15, 0.2) is 0 Å². The first kappa shape index (κ1) is 7.37. The predicted molar refractivity (Wildman–Crippen MR) is 50.0 cm³/mol. The molecule has 3 atom stereocenters. The smallest absolute Gasteiger partial charge is 0.0701 e. The van der Waals surface area contributed by atoms with Crippen molar-refractivity contribution >= 4 is 0 Å². The third-order valence-corrected chi connectivity index (χ3v) is 4.00. The Bertz CT molecular complexity index is 202. The molecule has 12 heavy (non-hydrogen) atoms. The molecule has 1 nitrogen and oxygen atoms in total. The first-order chi connectivity index (χ1) is 6.08. The SMILES string of the molecule is [2H][C@H]1CCC[C@@]2(C)CCCC[C@]12O. The van der Waals surface area contributed by atoms with E-state index in [0.29, 0.717) is 0 Å². The van der Waals surface area contributed by atoms with Crippen molar-refractivity contribution in [2.75, 3.05) is 0 Å². The first-order valence-corrected chi connectivity index (χ1v) is 5.23. The standard InChI is InChI=1S/C11H20O/c1-10-6-2-4-8-11(10,12)9-5-3-7-10/h12H,2-9H2,1H3/t10-,11+/i8D/t8-,10-,11+/m0/s1. The Morgan fingerprint density at radius 2 is 1.67 bits per heavy atom. The zero-order valence-electron chi connectivity index (χ0n) is 8.97. The quantitative estimate of drug-likeness (QED) is 0.591. The molecule has 1 N–H and O–H groups in total. The molecule has 0 heterocycles. The van der Waals surface area contributed by atoms with Crippen LogP contribution in [-0.2, 0) is 0 Å². The second-order valence-corrected chi connectivity index (χ2v) is 4.79. The van der Waals surface area contributed by atoms with Crippen molar-refractivity contribution in [1.82, 2.24) is 0 Å².